The highest BCUT2D eigenvalue weighted by molar-refractivity contribution is 8.00. The first-order chi connectivity index (χ1) is 6.29. The molecule has 0 radical (unpaired) electrons. The highest BCUT2D eigenvalue weighted by Gasteiger charge is 2.01. The van der Waals surface area contributed by atoms with Crippen molar-refractivity contribution in [3.05, 3.63) is 23.8 Å². The van der Waals surface area contributed by atoms with Gasteiger partial charge in [-0.15, -0.1) is 11.6 Å². The maximum atomic E-state index is 5.60. The van der Waals surface area contributed by atoms with Crippen molar-refractivity contribution in [1.29, 1.82) is 0 Å². The van der Waals surface area contributed by atoms with Crippen LogP contribution in [0, 0.1) is 6.92 Å². The second-order valence-electron chi connectivity index (χ2n) is 2.82. The third kappa shape index (κ3) is 1.81. The summed E-state index contributed by atoms with van der Waals surface area (Å²) < 4.78 is 0. The summed E-state index contributed by atoms with van der Waals surface area (Å²) in [6, 6.07) is 6.15. The Labute approximate surface area is 85.7 Å². The molecule has 68 valence electrons. The van der Waals surface area contributed by atoms with Crippen molar-refractivity contribution in [2.75, 3.05) is 5.21 Å². The van der Waals surface area contributed by atoms with E-state index in [4.69, 9.17) is 11.6 Å². The number of alkyl halides is 1. The van der Waals surface area contributed by atoms with Crippen LogP contribution in [0.1, 0.15) is 5.56 Å². The van der Waals surface area contributed by atoms with E-state index in [2.05, 4.69) is 29.0 Å². The van der Waals surface area contributed by atoms with Crippen molar-refractivity contribution in [2.24, 2.45) is 0 Å². The highest BCUT2D eigenvalue weighted by Crippen LogP contribution is 2.20. The van der Waals surface area contributed by atoms with E-state index < -0.39 is 0 Å². The molecule has 0 amide bonds. The Morgan fingerprint density at radius 3 is 3.15 bits per heavy atom. The van der Waals surface area contributed by atoms with Crippen LogP contribution in [0.3, 0.4) is 0 Å². The molecule has 1 heterocycles. The second kappa shape index (κ2) is 3.60. The van der Waals surface area contributed by atoms with E-state index in [1.807, 2.05) is 6.07 Å². The number of benzene rings is 1. The molecular formula is C9H9ClN2S. The van der Waals surface area contributed by atoms with Crippen molar-refractivity contribution in [1.82, 2.24) is 9.97 Å². The number of nitrogens with one attached hydrogen (secondary N) is 1. The Kier molecular flexibility index (Phi) is 2.47. The van der Waals surface area contributed by atoms with Gasteiger partial charge in [-0.2, -0.15) is 0 Å². The third-order valence-corrected chi connectivity index (χ3v) is 2.71. The van der Waals surface area contributed by atoms with E-state index in [9.17, 15) is 0 Å². The van der Waals surface area contributed by atoms with Crippen molar-refractivity contribution < 1.29 is 0 Å². The molecule has 1 N–H and O–H groups in total. The molecule has 2 rings (SSSR count). The quantitative estimate of drug-likeness (QED) is 0.612. The number of halogens is 1. The predicted octanol–water partition coefficient (Wildman–Crippen LogP) is 3.16. The van der Waals surface area contributed by atoms with Gasteiger partial charge >= 0.3 is 0 Å². The van der Waals surface area contributed by atoms with Crippen molar-refractivity contribution in [3.8, 4) is 0 Å². The number of fused-ring (bicyclic) bond motifs is 1. The van der Waals surface area contributed by atoms with E-state index in [0.29, 0.717) is 5.21 Å². The zero-order chi connectivity index (χ0) is 9.26. The number of aromatic amines is 1. The largest absolute Gasteiger partial charge is 0.333 e. The number of aryl methyl sites for hydroxylation is 1. The van der Waals surface area contributed by atoms with Gasteiger partial charge < -0.3 is 4.98 Å². The molecule has 13 heavy (non-hydrogen) atoms. The second-order valence-corrected chi connectivity index (χ2v) is 4.36. The maximum absolute atomic E-state index is 5.60. The number of imidazole rings is 1. The first kappa shape index (κ1) is 8.91. The third-order valence-electron chi connectivity index (χ3n) is 1.81. The predicted molar refractivity (Wildman–Crippen MR) is 57.4 cm³/mol. The minimum absolute atomic E-state index is 0.527. The van der Waals surface area contributed by atoms with Crippen LogP contribution in [0.2, 0.25) is 0 Å². The van der Waals surface area contributed by atoms with Gasteiger partial charge in [0, 0.05) is 0 Å². The first-order valence-electron chi connectivity index (χ1n) is 3.95. The number of hydrogen-bond acceptors (Lipinski definition) is 2. The summed E-state index contributed by atoms with van der Waals surface area (Å²) in [5.41, 5.74) is 3.31. The molecular weight excluding hydrogens is 204 g/mol. The van der Waals surface area contributed by atoms with Crippen LogP contribution in [0.5, 0.6) is 0 Å². The van der Waals surface area contributed by atoms with Gasteiger partial charge in [-0.3, -0.25) is 0 Å². The number of hydrogen-bond donors (Lipinski definition) is 1. The lowest BCUT2D eigenvalue weighted by Gasteiger charge is -1.89. The topological polar surface area (TPSA) is 28.7 Å². The number of H-pyrrole nitrogens is 1. The summed E-state index contributed by atoms with van der Waals surface area (Å²) in [6.45, 7) is 2.06. The average molecular weight is 213 g/mol. The lowest BCUT2D eigenvalue weighted by molar-refractivity contribution is 1.08. The Hall–Kier alpha value is -0.670. The van der Waals surface area contributed by atoms with Crippen LogP contribution < -0.4 is 0 Å². The van der Waals surface area contributed by atoms with Gasteiger partial charge in [-0.25, -0.2) is 4.98 Å². The minimum Gasteiger partial charge on any atom is -0.333 e. The molecule has 1 aromatic heterocycles. The fourth-order valence-corrected chi connectivity index (χ4v) is 1.98. The molecule has 1 aromatic carbocycles. The molecule has 0 atom stereocenters. The minimum atomic E-state index is 0.527. The summed E-state index contributed by atoms with van der Waals surface area (Å²) in [7, 11) is 0. The molecule has 0 spiro atoms. The van der Waals surface area contributed by atoms with Gasteiger partial charge in [0.1, 0.15) is 0 Å². The molecule has 0 aliphatic rings. The SMILES string of the molecule is Cc1ccc2nc(SCCl)[nH]c2c1. The van der Waals surface area contributed by atoms with E-state index in [1.165, 1.54) is 17.3 Å². The Bertz CT molecular complexity index is 424. The molecule has 2 aromatic rings. The van der Waals surface area contributed by atoms with Crippen LogP contribution in [-0.2, 0) is 0 Å². The molecule has 2 nitrogen and oxygen atoms in total. The highest BCUT2D eigenvalue weighted by atomic mass is 35.5. The zero-order valence-electron chi connectivity index (χ0n) is 7.17. The van der Waals surface area contributed by atoms with Crippen LogP contribution in [0.25, 0.3) is 11.0 Å². The zero-order valence-corrected chi connectivity index (χ0v) is 8.75. The van der Waals surface area contributed by atoms with Crippen molar-refractivity contribution in [3.63, 3.8) is 0 Å². The Morgan fingerprint density at radius 1 is 1.54 bits per heavy atom. The molecule has 0 saturated heterocycles. The monoisotopic (exact) mass is 212 g/mol. The van der Waals surface area contributed by atoms with Gasteiger partial charge in [-0.1, -0.05) is 17.8 Å². The molecule has 0 bridgehead atoms. The summed E-state index contributed by atoms with van der Waals surface area (Å²) in [5, 5.41) is 1.41. The Balaban J connectivity index is 2.49. The lowest BCUT2D eigenvalue weighted by Crippen LogP contribution is -1.71. The fourth-order valence-electron chi connectivity index (χ4n) is 1.22. The van der Waals surface area contributed by atoms with Gasteiger partial charge in [0.05, 0.1) is 16.2 Å². The van der Waals surface area contributed by atoms with Gasteiger partial charge in [0.25, 0.3) is 0 Å². The summed E-state index contributed by atoms with van der Waals surface area (Å²) in [4.78, 5) is 7.57. The van der Waals surface area contributed by atoms with E-state index >= 15 is 0 Å². The normalized spacial score (nSPS) is 10.9. The van der Waals surface area contributed by atoms with Gasteiger partial charge in [0.15, 0.2) is 5.16 Å². The van der Waals surface area contributed by atoms with E-state index in [1.54, 1.807) is 0 Å². The number of rotatable bonds is 2. The van der Waals surface area contributed by atoms with Crippen LogP contribution in [0.15, 0.2) is 23.4 Å². The molecule has 0 aliphatic heterocycles. The maximum Gasteiger partial charge on any atom is 0.167 e. The van der Waals surface area contributed by atoms with E-state index in [0.717, 1.165) is 16.2 Å². The van der Waals surface area contributed by atoms with Crippen molar-refractivity contribution >= 4 is 34.4 Å². The van der Waals surface area contributed by atoms with Crippen LogP contribution in [0.4, 0.5) is 0 Å². The number of aromatic nitrogens is 2. The van der Waals surface area contributed by atoms with E-state index in [-0.39, 0.29) is 0 Å². The summed E-state index contributed by atoms with van der Waals surface area (Å²) >= 11 is 7.10. The fraction of sp³-hybridized carbons (Fsp3) is 0.222. The molecule has 0 aliphatic carbocycles. The first-order valence-corrected chi connectivity index (χ1v) is 5.47. The smallest absolute Gasteiger partial charge is 0.167 e. The number of nitrogens with zero attached hydrogens (tertiary/aromatic N) is 1. The van der Waals surface area contributed by atoms with Crippen molar-refractivity contribution in [2.45, 2.75) is 12.1 Å². The van der Waals surface area contributed by atoms with Crippen LogP contribution in [-0.4, -0.2) is 15.2 Å². The Morgan fingerprint density at radius 2 is 2.38 bits per heavy atom. The summed E-state index contributed by atoms with van der Waals surface area (Å²) in [5.74, 6) is 0. The van der Waals surface area contributed by atoms with Crippen LogP contribution >= 0.6 is 23.4 Å². The molecule has 0 fully saturated rings. The summed E-state index contributed by atoms with van der Waals surface area (Å²) in [6.07, 6.45) is 0. The average Bonchev–Trinajstić information content (AvgIpc) is 2.46. The molecule has 0 unspecified atom stereocenters. The number of thioether (sulfide) groups is 1. The standard InChI is InChI=1S/C9H9ClN2S/c1-6-2-3-7-8(4-6)12-9(11-7)13-5-10/h2-4H,5H2,1H3,(H,11,12). The van der Waals surface area contributed by atoms with Gasteiger partial charge in [0.2, 0.25) is 0 Å². The molecule has 0 saturated carbocycles. The molecule has 4 heteroatoms. The van der Waals surface area contributed by atoms with Gasteiger partial charge in [-0.05, 0) is 24.6 Å². The lowest BCUT2D eigenvalue weighted by atomic mass is 10.2.